The Morgan fingerprint density at radius 3 is 2.44 bits per heavy atom. The van der Waals surface area contributed by atoms with Gasteiger partial charge in [0.1, 0.15) is 11.5 Å². The lowest BCUT2D eigenvalue weighted by molar-refractivity contribution is 0.192. The minimum Gasteiger partial charge on any atom is -0.279 e. The molecule has 7 rings (SSSR count). The SMILES string of the molecule is CC1(C)CC(C)(C)c2c1cc1nc3c4ccccc4nc4n3c1c2C1CCC4(C)C1(C)C. The second-order valence-electron chi connectivity index (χ2n) is 12.9. The van der Waals surface area contributed by atoms with Gasteiger partial charge in [0.05, 0.1) is 16.6 Å². The molecule has 3 nitrogen and oxygen atoms in total. The maximum atomic E-state index is 5.38. The van der Waals surface area contributed by atoms with E-state index in [0.29, 0.717) is 5.92 Å². The van der Waals surface area contributed by atoms with E-state index in [9.17, 15) is 0 Å². The summed E-state index contributed by atoms with van der Waals surface area (Å²) >= 11 is 0. The van der Waals surface area contributed by atoms with Crippen molar-refractivity contribution in [3.63, 3.8) is 0 Å². The van der Waals surface area contributed by atoms with Crippen molar-refractivity contribution in [2.24, 2.45) is 5.41 Å². The van der Waals surface area contributed by atoms with Gasteiger partial charge in [0.25, 0.3) is 0 Å². The molecule has 2 aromatic carbocycles. The van der Waals surface area contributed by atoms with Crippen molar-refractivity contribution in [1.29, 1.82) is 0 Å². The third-order valence-electron chi connectivity index (χ3n) is 9.92. The van der Waals surface area contributed by atoms with E-state index in [0.717, 1.165) is 22.1 Å². The van der Waals surface area contributed by atoms with Crippen LogP contribution in [-0.4, -0.2) is 14.4 Å². The lowest BCUT2D eigenvalue weighted by Gasteiger charge is -2.41. The second kappa shape index (κ2) is 5.21. The van der Waals surface area contributed by atoms with Crippen molar-refractivity contribution in [1.82, 2.24) is 14.4 Å². The maximum absolute atomic E-state index is 5.38. The van der Waals surface area contributed by atoms with Gasteiger partial charge in [-0.2, -0.15) is 0 Å². The predicted octanol–water partition coefficient (Wildman–Crippen LogP) is 7.17. The van der Waals surface area contributed by atoms with Crippen LogP contribution >= 0.6 is 0 Å². The summed E-state index contributed by atoms with van der Waals surface area (Å²) in [6.07, 6.45) is 3.60. The van der Waals surface area contributed by atoms with Gasteiger partial charge in [-0.25, -0.2) is 9.97 Å². The first-order valence-electron chi connectivity index (χ1n) is 12.3. The summed E-state index contributed by atoms with van der Waals surface area (Å²) in [6, 6.07) is 11.0. The Kier molecular flexibility index (Phi) is 3.11. The van der Waals surface area contributed by atoms with Gasteiger partial charge in [0.15, 0.2) is 0 Å². The highest BCUT2D eigenvalue weighted by Crippen LogP contribution is 2.66. The van der Waals surface area contributed by atoms with Crippen LogP contribution in [0.5, 0.6) is 0 Å². The van der Waals surface area contributed by atoms with Crippen LogP contribution in [0.25, 0.3) is 27.6 Å². The molecular formula is C29H33N3. The first kappa shape index (κ1) is 19.1. The third-order valence-corrected chi connectivity index (χ3v) is 9.92. The zero-order chi connectivity index (χ0) is 22.4. The third kappa shape index (κ3) is 1.89. The molecule has 4 aromatic rings. The van der Waals surface area contributed by atoms with Gasteiger partial charge in [-0.1, -0.05) is 60.6 Å². The number of para-hydroxylation sites is 1. The van der Waals surface area contributed by atoms with Crippen molar-refractivity contribution in [3.05, 3.63) is 52.8 Å². The zero-order valence-electron chi connectivity index (χ0n) is 20.4. The number of fused-ring (bicyclic) bond motifs is 8. The molecule has 0 amide bonds. The minimum absolute atomic E-state index is 0.0117. The first-order chi connectivity index (χ1) is 15.0. The van der Waals surface area contributed by atoms with E-state index >= 15 is 0 Å². The molecule has 2 aliphatic carbocycles. The fraction of sp³-hybridized carbons (Fsp3) is 0.517. The van der Waals surface area contributed by atoms with Crippen LogP contribution in [0.3, 0.4) is 0 Å². The normalized spacial score (nSPS) is 28.7. The highest BCUT2D eigenvalue weighted by atomic mass is 15.1. The summed E-state index contributed by atoms with van der Waals surface area (Å²) in [5.74, 6) is 1.74. The number of benzene rings is 2. The quantitative estimate of drug-likeness (QED) is 0.300. The van der Waals surface area contributed by atoms with Crippen LogP contribution in [0.15, 0.2) is 30.3 Å². The lowest BCUT2D eigenvalue weighted by atomic mass is 9.63. The smallest absolute Gasteiger partial charge is 0.148 e. The van der Waals surface area contributed by atoms with Crippen LogP contribution in [-0.2, 0) is 16.2 Å². The molecule has 2 aromatic heterocycles. The van der Waals surface area contributed by atoms with Crippen LogP contribution in [0.1, 0.15) is 96.2 Å². The van der Waals surface area contributed by atoms with E-state index in [2.05, 4.69) is 83.2 Å². The summed E-state index contributed by atoms with van der Waals surface area (Å²) in [6.45, 7) is 17.3. The molecular weight excluding hydrogens is 390 g/mol. The fourth-order valence-electron chi connectivity index (χ4n) is 8.25. The standard InChI is InChI=1S/C29H33N3/c1-26(2)15-27(3,4)22-18(26)14-20-23-21(22)17-12-13-29(7,28(17,5)6)25-31-19-11-9-8-10-16(19)24(30-20)32(23)25/h8-11,14,17H,12-13,15H2,1-7H3. The maximum Gasteiger partial charge on any atom is 0.148 e. The van der Waals surface area contributed by atoms with Crippen molar-refractivity contribution in [3.8, 4) is 0 Å². The van der Waals surface area contributed by atoms with E-state index in [-0.39, 0.29) is 21.7 Å². The summed E-state index contributed by atoms with van der Waals surface area (Å²) in [5, 5.41) is 1.16. The molecule has 3 aliphatic rings. The summed E-state index contributed by atoms with van der Waals surface area (Å²) in [4.78, 5) is 10.7. The van der Waals surface area contributed by atoms with Gasteiger partial charge in [-0.15, -0.1) is 0 Å². The Labute approximate surface area is 190 Å². The van der Waals surface area contributed by atoms with E-state index in [1.165, 1.54) is 36.2 Å². The van der Waals surface area contributed by atoms with Gasteiger partial charge >= 0.3 is 0 Å². The molecule has 0 radical (unpaired) electrons. The lowest BCUT2D eigenvalue weighted by Crippen LogP contribution is -2.38. The van der Waals surface area contributed by atoms with Crippen LogP contribution in [0.4, 0.5) is 0 Å². The number of hydrogen-bond acceptors (Lipinski definition) is 2. The van der Waals surface area contributed by atoms with E-state index in [1.54, 1.807) is 11.1 Å². The monoisotopic (exact) mass is 423 g/mol. The average molecular weight is 424 g/mol. The molecule has 1 aliphatic heterocycles. The molecule has 3 heteroatoms. The van der Waals surface area contributed by atoms with E-state index < -0.39 is 0 Å². The number of hydrogen-bond donors (Lipinski definition) is 0. The Bertz CT molecular complexity index is 1500. The van der Waals surface area contributed by atoms with Crippen molar-refractivity contribution >= 4 is 27.6 Å². The van der Waals surface area contributed by atoms with Crippen molar-refractivity contribution in [2.45, 2.75) is 89.9 Å². The minimum atomic E-state index is 0.0117. The molecule has 0 spiro atoms. The molecule has 2 unspecified atom stereocenters. The highest BCUT2D eigenvalue weighted by molar-refractivity contribution is 5.98. The van der Waals surface area contributed by atoms with Crippen LogP contribution in [0.2, 0.25) is 0 Å². The molecule has 1 saturated carbocycles. The molecule has 32 heavy (non-hydrogen) atoms. The Balaban J connectivity index is 1.81. The number of aromatic nitrogens is 3. The van der Waals surface area contributed by atoms with E-state index in [1.807, 2.05) is 0 Å². The van der Waals surface area contributed by atoms with Gasteiger partial charge in [-0.3, -0.25) is 4.40 Å². The Morgan fingerprint density at radius 1 is 0.906 bits per heavy atom. The average Bonchev–Trinajstić information content (AvgIpc) is 3.25. The topological polar surface area (TPSA) is 30.2 Å². The molecule has 0 saturated heterocycles. The summed E-state index contributed by atoms with van der Waals surface area (Å²) in [5.41, 5.74) is 9.86. The van der Waals surface area contributed by atoms with Gasteiger partial charge < -0.3 is 0 Å². The van der Waals surface area contributed by atoms with Gasteiger partial charge in [-0.05, 0) is 76.3 Å². The Morgan fingerprint density at radius 2 is 1.66 bits per heavy atom. The first-order valence-corrected chi connectivity index (χ1v) is 12.3. The fourth-order valence-corrected chi connectivity index (χ4v) is 8.25. The zero-order valence-corrected chi connectivity index (χ0v) is 20.4. The second-order valence-corrected chi connectivity index (χ2v) is 12.9. The summed E-state index contributed by atoms with van der Waals surface area (Å²) in [7, 11) is 0. The molecule has 0 N–H and O–H groups in total. The van der Waals surface area contributed by atoms with Crippen LogP contribution in [0, 0.1) is 5.41 Å². The van der Waals surface area contributed by atoms with Crippen molar-refractivity contribution < 1.29 is 0 Å². The van der Waals surface area contributed by atoms with Crippen molar-refractivity contribution in [2.75, 3.05) is 0 Å². The van der Waals surface area contributed by atoms with Gasteiger partial charge in [0, 0.05) is 10.8 Å². The molecule has 2 bridgehead atoms. The number of imidazole rings is 1. The molecule has 1 fully saturated rings. The predicted molar refractivity (Wildman–Crippen MR) is 132 cm³/mol. The van der Waals surface area contributed by atoms with E-state index in [4.69, 9.17) is 9.97 Å². The largest absolute Gasteiger partial charge is 0.279 e. The molecule has 3 heterocycles. The molecule has 164 valence electrons. The van der Waals surface area contributed by atoms with Crippen LogP contribution < -0.4 is 0 Å². The Hall–Kier alpha value is -2.42. The molecule has 2 atom stereocenters. The number of rotatable bonds is 0. The summed E-state index contributed by atoms with van der Waals surface area (Å²) < 4.78 is 2.48. The highest BCUT2D eigenvalue weighted by Gasteiger charge is 2.59. The van der Waals surface area contributed by atoms with Gasteiger partial charge in [0.2, 0.25) is 0 Å². The number of nitrogens with zero attached hydrogens (tertiary/aromatic N) is 3.